The molecule has 0 saturated heterocycles. The summed E-state index contributed by atoms with van der Waals surface area (Å²) in [6, 6.07) is 66.4. The van der Waals surface area contributed by atoms with Gasteiger partial charge in [-0.15, -0.1) is 0 Å². The van der Waals surface area contributed by atoms with Crippen LogP contribution in [0.4, 0.5) is 5.69 Å². The fourth-order valence-electron chi connectivity index (χ4n) is 7.51. The second-order valence-electron chi connectivity index (χ2n) is 13.1. The van der Waals surface area contributed by atoms with Gasteiger partial charge in [-0.05, 0) is 104 Å². The lowest BCUT2D eigenvalue weighted by Gasteiger charge is -2.14. The van der Waals surface area contributed by atoms with Crippen LogP contribution < -0.4 is 5.73 Å². The normalized spacial score (nSPS) is 10.9. The van der Waals surface area contributed by atoms with Crippen molar-refractivity contribution < 1.29 is 4.42 Å². The molecule has 10 aromatic rings. The number of nitrogen functional groups attached to an aromatic ring is 1. The van der Waals surface area contributed by atoms with Crippen molar-refractivity contribution in [3.63, 3.8) is 0 Å². The van der Waals surface area contributed by atoms with Gasteiger partial charge in [-0.25, -0.2) is 0 Å². The zero-order valence-corrected chi connectivity index (χ0v) is 29.3. The molecule has 0 fully saturated rings. The van der Waals surface area contributed by atoms with Gasteiger partial charge < -0.3 is 15.6 Å². The second kappa shape index (κ2) is 14.7. The average Bonchev–Trinajstić information content (AvgIpc) is 3.62. The van der Waals surface area contributed by atoms with Gasteiger partial charge in [0.2, 0.25) is 0 Å². The summed E-state index contributed by atoms with van der Waals surface area (Å²) in [7, 11) is 0. The number of benzene rings is 9. The molecular formula is C50H38N2O. The first-order chi connectivity index (χ1) is 26.2. The summed E-state index contributed by atoms with van der Waals surface area (Å²) in [4.78, 5) is 0. The largest absolute Gasteiger partial charge is 0.455 e. The van der Waals surface area contributed by atoms with Gasteiger partial charge in [0.15, 0.2) is 0 Å². The third-order valence-corrected chi connectivity index (χ3v) is 9.84. The lowest BCUT2D eigenvalue weighted by atomic mass is 9.88. The molecule has 0 unspecified atom stereocenters. The van der Waals surface area contributed by atoms with E-state index in [4.69, 9.17) is 15.6 Å². The van der Waals surface area contributed by atoms with Crippen LogP contribution in [0, 0.1) is 5.41 Å². The Kier molecular flexibility index (Phi) is 9.21. The van der Waals surface area contributed by atoms with E-state index in [9.17, 15) is 0 Å². The molecule has 3 nitrogen and oxygen atoms in total. The zero-order valence-electron chi connectivity index (χ0n) is 29.3. The Morgan fingerprint density at radius 3 is 1.60 bits per heavy atom. The van der Waals surface area contributed by atoms with Crippen LogP contribution in [0.3, 0.4) is 0 Å². The molecule has 10 rings (SSSR count). The van der Waals surface area contributed by atoms with Crippen molar-refractivity contribution in [3.8, 4) is 22.3 Å². The summed E-state index contributed by atoms with van der Waals surface area (Å²) in [5, 5.41) is 15.2. The minimum atomic E-state index is 0.822. The highest BCUT2D eigenvalue weighted by Gasteiger charge is 2.20. The highest BCUT2D eigenvalue weighted by Crippen LogP contribution is 2.46. The topological polar surface area (TPSA) is 63.0 Å². The SMILES string of the molecule is C=N.Nc1ccccc1.c1ccc(Cc2cccc(-c3cccc(-c4cc5c6ccccc6c6ccccc6c5c5oc6ccccc6c45)c3)c2)cc1. The number of fused-ring (bicyclic) bond motifs is 10. The average molecular weight is 683 g/mol. The van der Waals surface area contributed by atoms with Crippen LogP contribution in [-0.2, 0) is 6.42 Å². The predicted octanol–water partition coefficient (Wildman–Crippen LogP) is 13.5. The first kappa shape index (κ1) is 33.2. The third-order valence-electron chi connectivity index (χ3n) is 9.84. The number of nitrogens with two attached hydrogens (primary N) is 1. The number of nitrogens with one attached hydrogen (secondary N) is 1. The molecule has 3 heteroatoms. The van der Waals surface area contributed by atoms with E-state index in [2.05, 4.69) is 164 Å². The molecule has 0 aliphatic heterocycles. The predicted molar refractivity (Wildman–Crippen MR) is 227 cm³/mol. The molecule has 254 valence electrons. The van der Waals surface area contributed by atoms with Gasteiger partial charge in [0.05, 0.1) is 0 Å². The Hall–Kier alpha value is -6.97. The molecule has 53 heavy (non-hydrogen) atoms. The van der Waals surface area contributed by atoms with Crippen molar-refractivity contribution in [1.29, 1.82) is 5.41 Å². The van der Waals surface area contributed by atoms with E-state index < -0.39 is 0 Å². The minimum absolute atomic E-state index is 0.822. The van der Waals surface area contributed by atoms with Crippen LogP contribution in [0.2, 0.25) is 0 Å². The van der Waals surface area contributed by atoms with Crippen LogP contribution in [-0.4, -0.2) is 6.72 Å². The van der Waals surface area contributed by atoms with E-state index in [0.29, 0.717) is 0 Å². The molecule has 9 aromatic carbocycles. The number of hydrogen-bond donors (Lipinski definition) is 2. The Labute approximate surface area is 309 Å². The van der Waals surface area contributed by atoms with Crippen molar-refractivity contribution in [2.24, 2.45) is 0 Å². The van der Waals surface area contributed by atoms with Gasteiger partial charge in [0.25, 0.3) is 0 Å². The van der Waals surface area contributed by atoms with Crippen LogP contribution in [0.15, 0.2) is 192 Å². The standard InChI is InChI=1S/C43H28O.C6H7N.CH3N/c1-2-12-28(13-3-1)24-29-14-10-15-30(25-29)31-16-11-17-32(26-31)38-27-39-35-20-5-4-18-33(35)34-19-6-7-21-36(34)41(39)43-42(38)37-22-8-9-23-40(37)44-43;7-6-4-2-1-3-5-6;1-2/h1-23,25-27H,24H2;1-5H,7H2;2H,1H2. The molecular weight excluding hydrogens is 645 g/mol. The molecule has 3 N–H and O–H groups in total. The Balaban J connectivity index is 0.000000397. The lowest BCUT2D eigenvalue weighted by Crippen LogP contribution is -1.89. The fourth-order valence-corrected chi connectivity index (χ4v) is 7.51. The van der Waals surface area contributed by atoms with Gasteiger partial charge in [-0.2, -0.15) is 0 Å². The van der Waals surface area contributed by atoms with Crippen LogP contribution in [0.1, 0.15) is 11.1 Å². The first-order valence-corrected chi connectivity index (χ1v) is 17.8. The molecule has 1 heterocycles. The fraction of sp³-hybridized carbons (Fsp3) is 0.0200. The highest BCUT2D eigenvalue weighted by molar-refractivity contribution is 6.34. The molecule has 0 atom stereocenters. The summed E-state index contributed by atoms with van der Waals surface area (Å²) in [5.74, 6) is 0. The quantitative estimate of drug-likeness (QED) is 0.110. The van der Waals surface area contributed by atoms with Crippen LogP contribution in [0.25, 0.3) is 76.5 Å². The van der Waals surface area contributed by atoms with Crippen molar-refractivity contribution in [3.05, 3.63) is 199 Å². The van der Waals surface area contributed by atoms with Crippen LogP contribution in [0.5, 0.6) is 0 Å². The molecule has 1 aromatic heterocycles. The van der Waals surface area contributed by atoms with Gasteiger partial charge >= 0.3 is 0 Å². The van der Waals surface area contributed by atoms with Crippen molar-refractivity contribution >= 4 is 66.7 Å². The lowest BCUT2D eigenvalue weighted by molar-refractivity contribution is 0.673. The highest BCUT2D eigenvalue weighted by atomic mass is 16.3. The maximum absolute atomic E-state index is 6.77. The van der Waals surface area contributed by atoms with E-state index in [1.54, 1.807) is 0 Å². The zero-order chi connectivity index (χ0) is 36.1. The molecule has 0 aliphatic rings. The first-order valence-electron chi connectivity index (χ1n) is 17.8. The summed E-state index contributed by atoms with van der Waals surface area (Å²) >= 11 is 0. The monoisotopic (exact) mass is 682 g/mol. The summed E-state index contributed by atoms with van der Waals surface area (Å²) in [6.45, 7) is 2.50. The molecule has 0 aliphatic carbocycles. The van der Waals surface area contributed by atoms with Gasteiger partial charge in [-0.1, -0.05) is 158 Å². The molecule has 0 spiro atoms. The summed E-state index contributed by atoms with van der Waals surface area (Å²) in [6.07, 6.45) is 0.918. The number of hydrogen-bond acceptors (Lipinski definition) is 3. The third kappa shape index (κ3) is 6.41. The number of para-hydroxylation sites is 2. The number of anilines is 1. The Morgan fingerprint density at radius 2 is 0.925 bits per heavy atom. The Bertz CT molecular complexity index is 2860. The van der Waals surface area contributed by atoms with E-state index in [1.165, 1.54) is 71.1 Å². The Morgan fingerprint density at radius 1 is 0.415 bits per heavy atom. The van der Waals surface area contributed by atoms with Crippen molar-refractivity contribution in [2.45, 2.75) is 6.42 Å². The van der Waals surface area contributed by atoms with E-state index in [1.807, 2.05) is 30.3 Å². The maximum Gasteiger partial charge on any atom is 0.144 e. The smallest absolute Gasteiger partial charge is 0.144 e. The van der Waals surface area contributed by atoms with Crippen molar-refractivity contribution in [2.75, 3.05) is 5.73 Å². The van der Waals surface area contributed by atoms with E-state index >= 15 is 0 Å². The number of rotatable bonds is 4. The molecule has 0 radical (unpaired) electrons. The van der Waals surface area contributed by atoms with Crippen LogP contribution >= 0.6 is 0 Å². The summed E-state index contributed by atoms with van der Waals surface area (Å²) in [5.41, 5.74) is 15.5. The molecule has 0 saturated carbocycles. The second-order valence-corrected chi connectivity index (χ2v) is 13.1. The minimum Gasteiger partial charge on any atom is -0.455 e. The van der Waals surface area contributed by atoms with E-state index in [-0.39, 0.29) is 0 Å². The van der Waals surface area contributed by atoms with Gasteiger partial charge in [-0.3, -0.25) is 0 Å². The van der Waals surface area contributed by atoms with Crippen molar-refractivity contribution in [1.82, 2.24) is 0 Å². The molecule has 0 amide bonds. The van der Waals surface area contributed by atoms with E-state index in [0.717, 1.165) is 28.7 Å². The number of furan rings is 1. The van der Waals surface area contributed by atoms with Gasteiger partial charge in [0.1, 0.15) is 11.2 Å². The molecule has 0 bridgehead atoms. The maximum atomic E-state index is 6.77. The van der Waals surface area contributed by atoms with Gasteiger partial charge in [0, 0.05) is 21.8 Å². The summed E-state index contributed by atoms with van der Waals surface area (Å²) < 4.78 is 6.77.